The maximum absolute atomic E-state index is 12.9. The Morgan fingerprint density at radius 3 is 2.10 bits per heavy atom. The van der Waals surface area contributed by atoms with Crippen LogP contribution in [-0.2, 0) is 14.4 Å². The summed E-state index contributed by atoms with van der Waals surface area (Å²) < 4.78 is 0. The third-order valence-electron chi connectivity index (χ3n) is 7.23. The van der Waals surface area contributed by atoms with Gasteiger partial charge in [0.2, 0.25) is 17.7 Å². The molecule has 0 N–H and O–H groups in total. The number of piperazine rings is 1. The van der Waals surface area contributed by atoms with Crippen LogP contribution in [0.2, 0.25) is 5.02 Å². The van der Waals surface area contributed by atoms with Crippen molar-refractivity contribution >= 4 is 35.0 Å². The molecule has 5 aliphatic rings. The van der Waals surface area contributed by atoms with E-state index in [0.29, 0.717) is 18.1 Å². The molecular weight excluding hydrogens is 402 g/mol. The number of benzene rings is 1. The van der Waals surface area contributed by atoms with Crippen LogP contribution in [0.3, 0.4) is 0 Å². The number of para-hydroxylation sites is 1. The highest BCUT2D eigenvalue weighted by atomic mass is 35.5. The molecule has 4 atom stereocenters. The second-order valence-corrected chi connectivity index (χ2v) is 9.15. The molecular formula is C23H26ClN3O3. The van der Waals surface area contributed by atoms with Crippen LogP contribution in [0.4, 0.5) is 5.69 Å². The molecule has 3 amide bonds. The predicted octanol–water partition coefficient (Wildman–Crippen LogP) is 2.58. The van der Waals surface area contributed by atoms with Gasteiger partial charge in [0.15, 0.2) is 0 Å². The summed E-state index contributed by atoms with van der Waals surface area (Å²) >= 11 is 6.29. The molecule has 3 fully saturated rings. The predicted molar refractivity (Wildman–Crippen MR) is 114 cm³/mol. The van der Waals surface area contributed by atoms with Crippen molar-refractivity contribution in [1.82, 2.24) is 9.80 Å². The largest absolute Gasteiger partial charge is 0.367 e. The summed E-state index contributed by atoms with van der Waals surface area (Å²) in [6, 6.07) is 7.73. The Kier molecular flexibility index (Phi) is 5.05. The molecule has 4 unspecified atom stereocenters. The molecule has 0 spiro atoms. The number of allylic oxidation sites excluding steroid dienone is 2. The Hall–Kier alpha value is -2.34. The minimum Gasteiger partial charge on any atom is -0.367 e. The van der Waals surface area contributed by atoms with Gasteiger partial charge in [-0.3, -0.25) is 19.3 Å². The van der Waals surface area contributed by atoms with Crippen LogP contribution in [0.1, 0.15) is 19.3 Å². The van der Waals surface area contributed by atoms with Crippen molar-refractivity contribution in [3.05, 3.63) is 41.4 Å². The summed E-state index contributed by atoms with van der Waals surface area (Å²) in [5.41, 5.74) is 0.991. The number of fused-ring (bicyclic) bond motifs is 1. The van der Waals surface area contributed by atoms with E-state index in [1.807, 2.05) is 29.2 Å². The van der Waals surface area contributed by atoms with E-state index >= 15 is 0 Å². The Morgan fingerprint density at radius 1 is 0.933 bits per heavy atom. The van der Waals surface area contributed by atoms with Crippen molar-refractivity contribution in [2.24, 2.45) is 23.7 Å². The molecule has 0 aromatic heterocycles. The average Bonchev–Trinajstić information content (AvgIpc) is 3.05. The van der Waals surface area contributed by atoms with Crippen LogP contribution in [0.25, 0.3) is 0 Å². The lowest BCUT2D eigenvalue weighted by Crippen LogP contribution is -2.49. The summed E-state index contributed by atoms with van der Waals surface area (Å²) in [4.78, 5) is 43.9. The first-order chi connectivity index (χ1) is 14.5. The van der Waals surface area contributed by atoms with E-state index in [2.05, 4.69) is 17.1 Å². The van der Waals surface area contributed by atoms with Gasteiger partial charge >= 0.3 is 0 Å². The van der Waals surface area contributed by atoms with Gasteiger partial charge in [-0.1, -0.05) is 35.9 Å². The van der Waals surface area contributed by atoms with Crippen molar-refractivity contribution in [1.29, 1.82) is 0 Å². The van der Waals surface area contributed by atoms with Crippen molar-refractivity contribution in [2.45, 2.75) is 19.3 Å². The Morgan fingerprint density at radius 2 is 1.53 bits per heavy atom. The number of carbonyl (C=O) groups is 3. The van der Waals surface area contributed by atoms with Crippen LogP contribution in [0, 0.1) is 23.7 Å². The number of anilines is 1. The van der Waals surface area contributed by atoms with Gasteiger partial charge in [-0.2, -0.15) is 0 Å². The molecule has 2 bridgehead atoms. The monoisotopic (exact) mass is 427 g/mol. The molecule has 3 aliphatic carbocycles. The second kappa shape index (κ2) is 7.73. The summed E-state index contributed by atoms with van der Waals surface area (Å²) in [6.07, 6.45) is 6.42. The lowest BCUT2D eigenvalue weighted by molar-refractivity contribution is -0.141. The fraction of sp³-hybridized carbons (Fsp3) is 0.522. The molecule has 1 aromatic rings. The van der Waals surface area contributed by atoms with E-state index in [1.54, 1.807) is 0 Å². The highest BCUT2D eigenvalue weighted by molar-refractivity contribution is 6.33. The molecule has 2 saturated heterocycles. The molecule has 6 nitrogen and oxygen atoms in total. The van der Waals surface area contributed by atoms with Gasteiger partial charge in [-0.05, 0) is 36.8 Å². The highest BCUT2D eigenvalue weighted by Gasteiger charge is 2.56. The van der Waals surface area contributed by atoms with Gasteiger partial charge in [0.05, 0.1) is 22.5 Å². The zero-order chi connectivity index (χ0) is 20.8. The number of likely N-dealkylation sites (tertiary alicyclic amines) is 1. The summed E-state index contributed by atoms with van der Waals surface area (Å²) in [6.45, 7) is 2.87. The maximum Gasteiger partial charge on any atom is 0.233 e. The van der Waals surface area contributed by atoms with Gasteiger partial charge in [0.1, 0.15) is 0 Å². The molecule has 158 valence electrons. The third kappa shape index (κ3) is 3.22. The normalized spacial score (nSPS) is 30.2. The minimum absolute atomic E-state index is 0.00498. The van der Waals surface area contributed by atoms with Gasteiger partial charge in [0, 0.05) is 39.1 Å². The Bertz CT molecular complexity index is 877. The van der Waals surface area contributed by atoms with Crippen molar-refractivity contribution in [3.63, 3.8) is 0 Å². The third-order valence-corrected chi connectivity index (χ3v) is 7.55. The number of hydrogen-bond donors (Lipinski definition) is 0. The SMILES string of the molecule is O=C(CCN1C(=O)C2C3C=CC(CC3)C2C1=O)N1CCN(c2ccccc2Cl)CC1. The summed E-state index contributed by atoms with van der Waals surface area (Å²) in [7, 11) is 0. The molecule has 2 heterocycles. The Labute approximate surface area is 181 Å². The zero-order valence-electron chi connectivity index (χ0n) is 16.9. The van der Waals surface area contributed by atoms with E-state index < -0.39 is 0 Å². The highest BCUT2D eigenvalue weighted by Crippen LogP contribution is 2.49. The van der Waals surface area contributed by atoms with E-state index in [-0.39, 0.29) is 54.4 Å². The number of imide groups is 1. The minimum atomic E-state index is -0.199. The number of carbonyl (C=O) groups excluding carboxylic acids is 3. The van der Waals surface area contributed by atoms with E-state index in [9.17, 15) is 14.4 Å². The van der Waals surface area contributed by atoms with Crippen LogP contribution >= 0.6 is 11.6 Å². The maximum atomic E-state index is 12.9. The summed E-state index contributed by atoms with van der Waals surface area (Å²) in [5.74, 6) is -0.151. The first-order valence-corrected chi connectivity index (χ1v) is 11.2. The number of rotatable bonds is 4. The van der Waals surface area contributed by atoms with Crippen LogP contribution in [-0.4, -0.2) is 60.2 Å². The van der Waals surface area contributed by atoms with Crippen LogP contribution in [0.15, 0.2) is 36.4 Å². The fourth-order valence-electron chi connectivity index (χ4n) is 5.63. The number of nitrogens with zero attached hydrogens (tertiary/aromatic N) is 3. The van der Waals surface area contributed by atoms with Gasteiger partial charge in [0.25, 0.3) is 0 Å². The molecule has 7 heteroatoms. The number of halogens is 1. The fourth-order valence-corrected chi connectivity index (χ4v) is 5.88. The number of amides is 3. The van der Waals surface area contributed by atoms with Crippen LogP contribution in [0.5, 0.6) is 0 Å². The van der Waals surface area contributed by atoms with Crippen LogP contribution < -0.4 is 4.90 Å². The quantitative estimate of drug-likeness (QED) is 0.547. The van der Waals surface area contributed by atoms with Crippen molar-refractivity contribution < 1.29 is 14.4 Å². The molecule has 1 saturated carbocycles. The molecule has 2 aliphatic heterocycles. The first-order valence-electron chi connectivity index (χ1n) is 10.9. The lowest BCUT2D eigenvalue weighted by atomic mass is 9.63. The van der Waals surface area contributed by atoms with Crippen molar-refractivity contribution in [2.75, 3.05) is 37.6 Å². The van der Waals surface area contributed by atoms with E-state index in [1.165, 1.54) is 4.90 Å². The van der Waals surface area contributed by atoms with E-state index in [0.717, 1.165) is 31.6 Å². The van der Waals surface area contributed by atoms with E-state index in [4.69, 9.17) is 11.6 Å². The first kappa shape index (κ1) is 19.6. The van der Waals surface area contributed by atoms with Gasteiger partial charge in [-0.25, -0.2) is 0 Å². The molecule has 6 rings (SSSR count). The van der Waals surface area contributed by atoms with Gasteiger partial charge in [-0.15, -0.1) is 0 Å². The van der Waals surface area contributed by atoms with Gasteiger partial charge < -0.3 is 9.80 Å². The molecule has 0 radical (unpaired) electrons. The summed E-state index contributed by atoms with van der Waals surface area (Å²) in [5, 5.41) is 0.716. The topological polar surface area (TPSA) is 60.9 Å². The number of hydrogen-bond acceptors (Lipinski definition) is 4. The molecule has 30 heavy (non-hydrogen) atoms. The standard InChI is InChI=1S/C23H26ClN3O3/c24-17-3-1-2-4-18(17)25-11-13-26(14-12-25)19(28)9-10-27-22(29)20-15-5-6-16(8-7-15)21(20)23(27)30/h1-6,15-16,20-21H,7-14H2. The second-order valence-electron chi connectivity index (χ2n) is 8.74. The Balaban J connectivity index is 1.16. The lowest BCUT2D eigenvalue weighted by Gasteiger charge is -2.38. The average molecular weight is 428 g/mol. The smallest absolute Gasteiger partial charge is 0.233 e. The van der Waals surface area contributed by atoms with Crippen molar-refractivity contribution in [3.8, 4) is 0 Å². The molecule has 1 aromatic carbocycles. The zero-order valence-corrected chi connectivity index (χ0v) is 17.6.